The molecule has 0 aliphatic heterocycles. The Bertz CT molecular complexity index is 907. The van der Waals surface area contributed by atoms with Gasteiger partial charge < -0.3 is 4.42 Å². The highest BCUT2D eigenvalue weighted by atomic mass is 127. The fraction of sp³-hybridized carbons (Fsp3) is 0. The van der Waals surface area contributed by atoms with Crippen LogP contribution in [0, 0.1) is 3.57 Å². The number of halogens is 1. The Morgan fingerprint density at radius 1 is 0.750 bits per heavy atom. The van der Waals surface area contributed by atoms with Crippen molar-refractivity contribution >= 4 is 44.5 Å². The van der Waals surface area contributed by atoms with Crippen molar-refractivity contribution < 1.29 is 4.42 Å². The number of furan rings is 1. The van der Waals surface area contributed by atoms with Crippen LogP contribution in [-0.2, 0) is 0 Å². The average Bonchev–Trinajstić information content (AvgIpc) is 2.88. The van der Waals surface area contributed by atoms with Crippen LogP contribution in [0.5, 0.6) is 0 Å². The Hall–Kier alpha value is -1.81. The van der Waals surface area contributed by atoms with E-state index in [4.69, 9.17) is 4.42 Å². The molecule has 0 amide bonds. The van der Waals surface area contributed by atoms with E-state index >= 15 is 0 Å². The van der Waals surface area contributed by atoms with Crippen LogP contribution in [0.2, 0.25) is 0 Å². The van der Waals surface area contributed by atoms with Gasteiger partial charge in [0.2, 0.25) is 0 Å². The maximum atomic E-state index is 6.11. The van der Waals surface area contributed by atoms with Crippen molar-refractivity contribution in [3.05, 3.63) is 70.3 Å². The second-order valence-corrected chi connectivity index (χ2v) is 5.93. The summed E-state index contributed by atoms with van der Waals surface area (Å²) in [7, 11) is 0. The molecule has 2 heteroatoms. The predicted molar refractivity (Wildman–Crippen MR) is 91.9 cm³/mol. The summed E-state index contributed by atoms with van der Waals surface area (Å²) in [5.41, 5.74) is 4.26. The summed E-state index contributed by atoms with van der Waals surface area (Å²) in [6.07, 6.45) is 0. The Balaban J connectivity index is 2.14. The van der Waals surface area contributed by atoms with Gasteiger partial charge in [0, 0.05) is 19.9 Å². The third kappa shape index (κ3) is 1.75. The minimum atomic E-state index is 0.954. The Morgan fingerprint density at radius 3 is 2.40 bits per heavy atom. The normalized spacial score (nSPS) is 11.2. The number of para-hydroxylation sites is 1. The smallest absolute Gasteiger partial charge is 0.143 e. The summed E-state index contributed by atoms with van der Waals surface area (Å²) >= 11 is 2.37. The zero-order valence-corrected chi connectivity index (χ0v) is 12.8. The van der Waals surface area contributed by atoms with Crippen molar-refractivity contribution in [1.82, 2.24) is 0 Å². The molecule has 0 unspecified atom stereocenters. The number of benzene rings is 3. The first-order chi connectivity index (χ1) is 9.84. The molecule has 1 nitrogen and oxygen atoms in total. The molecule has 0 saturated carbocycles. The first kappa shape index (κ1) is 12.0. The molecular weight excluding hydrogens is 359 g/mol. The number of rotatable bonds is 1. The standard InChI is InChI=1S/C18H11IO/c19-15-10-5-11-16-17(15)14-9-4-8-13(18(14)20-16)12-6-2-1-3-7-12/h1-11H. The van der Waals surface area contributed by atoms with Crippen LogP contribution in [0.15, 0.2) is 71.1 Å². The molecule has 0 N–H and O–H groups in total. The molecule has 0 spiro atoms. The third-order valence-electron chi connectivity index (χ3n) is 3.56. The molecule has 96 valence electrons. The molecule has 0 aliphatic carbocycles. The second kappa shape index (κ2) is 4.63. The van der Waals surface area contributed by atoms with Crippen molar-refractivity contribution in [2.24, 2.45) is 0 Å². The van der Waals surface area contributed by atoms with Crippen molar-refractivity contribution in [3.63, 3.8) is 0 Å². The van der Waals surface area contributed by atoms with Crippen molar-refractivity contribution in [2.75, 3.05) is 0 Å². The molecule has 3 aromatic carbocycles. The van der Waals surface area contributed by atoms with Crippen LogP contribution in [0.4, 0.5) is 0 Å². The summed E-state index contributed by atoms with van der Waals surface area (Å²) in [5, 5.41) is 2.40. The molecule has 0 radical (unpaired) electrons. The zero-order chi connectivity index (χ0) is 13.5. The monoisotopic (exact) mass is 370 g/mol. The highest BCUT2D eigenvalue weighted by Crippen LogP contribution is 2.37. The van der Waals surface area contributed by atoms with Gasteiger partial charge in [0.1, 0.15) is 11.2 Å². The number of fused-ring (bicyclic) bond motifs is 3. The average molecular weight is 370 g/mol. The van der Waals surface area contributed by atoms with Gasteiger partial charge in [0.15, 0.2) is 0 Å². The molecule has 4 rings (SSSR count). The first-order valence-electron chi connectivity index (χ1n) is 6.50. The summed E-state index contributed by atoms with van der Waals surface area (Å²) in [4.78, 5) is 0. The fourth-order valence-corrected chi connectivity index (χ4v) is 3.41. The van der Waals surface area contributed by atoms with E-state index in [-0.39, 0.29) is 0 Å². The first-order valence-corrected chi connectivity index (χ1v) is 7.57. The van der Waals surface area contributed by atoms with Gasteiger partial charge in [0.25, 0.3) is 0 Å². The Morgan fingerprint density at radius 2 is 1.55 bits per heavy atom. The van der Waals surface area contributed by atoms with E-state index in [1.54, 1.807) is 0 Å². The third-order valence-corrected chi connectivity index (χ3v) is 4.46. The lowest BCUT2D eigenvalue weighted by Crippen LogP contribution is -1.78. The predicted octanol–water partition coefficient (Wildman–Crippen LogP) is 5.86. The van der Waals surface area contributed by atoms with Gasteiger partial charge in [-0.25, -0.2) is 0 Å². The molecule has 1 heterocycles. The van der Waals surface area contributed by atoms with Crippen LogP contribution >= 0.6 is 22.6 Å². The molecule has 20 heavy (non-hydrogen) atoms. The SMILES string of the molecule is Ic1cccc2oc3c(-c4ccccc4)cccc3c12. The van der Waals surface area contributed by atoms with E-state index in [1.807, 2.05) is 18.2 Å². The molecule has 1 aromatic heterocycles. The lowest BCUT2D eigenvalue weighted by molar-refractivity contribution is 0.670. The topological polar surface area (TPSA) is 13.1 Å². The Labute approximate surface area is 130 Å². The summed E-state index contributed by atoms with van der Waals surface area (Å²) in [5.74, 6) is 0. The minimum Gasteiger partial charge on any atom is -0.455 e. The van der Waals surface area contributed by atoms with Gasteiger partial charge in [0.05, 0.1) is 0 Å². The fourth-order valence-electron chi connectivity index (χ4n) is 2.65. The number of hydrogen-bond donors (Lipinski definition) is 0. The molecular formula is C18H11IO. The molecule has 4 aromatic rings. The van der Waals surface area contributed by atoms with Gasteiger partial charge in [-0.2, -0.15) is 0 Å². The lowest BCUT2D eigenvalue weighted by atomic mass is 10.0. The maximum Gasteiger partial charge on any atom is 0.143 e. The van der Waals surface area contributed by atoms with Crippen LogP contribution in [0.25, 0.3) is 33.1 Å². The maximum absolute atomic E-state index is 6.11. The van der Waals surface area contributed by atoms with E-state index < -0.39 is 0 Å². The van der Waals surface area contributed by atoms with Gasteiger partial charge in [-0.05, 0) is 40.3 Å². The number of hydrogen-bond acceptors (Lipinski definition) is 1. The van der Waals surface area contributed by atoms with Crippen LogP contribution < -0.4 is 0 Å². The van der Waals surface area contributed by atoms with E-state index in [0.29, 0.717) is 0 Å². The van der Waals surface area contributed by atoms with Gasteiger partial charge in [-0.15, -0.1) is 0 Å². The molecule has 0 bridgehead atoms. The zero-order valence-electron chi connectivity index (χ0n) is 10.6. The minimum absolute atomic E-state index is 0.954. The van der Waals surface area contributed by atoms with Crippen molar-refractivity contribution in [3.8, 4) is 11.1 Å². The summed E-state index contributed by atoms with van der Waals surface area (Å²) in [6, 6.07) is 22.9. The van der Waals surface area contributed by atoms with E-state index in [9.17, 15) is 0 Å². The highest BCUT2D eigenvalue weighted by Gasteiger charge is 2.13. The van der Waals surface area contributed by atoms with Crippen LogP contribution in [0.1, 0.15) is 0 Å². The quantitative estimate of drug-likeness (QED) is 0.383. The van der Waals surface area contributed by atoms with E-state index in [0.717, 1.165) is 16.7 Å². The van der Waals surface area contributed by atoms with Gasteiger partial charge >= 0.3 is 0 Å². The lowest BCUT2D eigenvalue weighted by Gasteiger charge is -2.01. The van der Waals surface area contributed by atoms with Crippen molar-refractivity contribution in [2.45, 2.75) is 0 Å². The van der Waals surface area contributed by atoms with Crippen LogP contribution in [-0.4, -0.2) is 0 Å². The van der Waals surface area contributed by atoms with E-state index in [1.165, 1.54) is 19.9 Å². The van der Waals surface area contributed by atoms with Gasteiger partial charge in [-0.3, -0.25) is 0 Å². The highest BCUT2D eigenvalue weighted by molar-refractivity contribution is 14.1. The summed E-state index contributed by atoms with van der Waals surface area (Å²) in [6.45, 7) is 0. The molecule has 0 atom stereocenters. The largest absolute Gasteiger partial charge is 0.455 e. The molecule has 0 aliphatic rings. The molecule has 0 fully saturated rings. The molecule has 0 saturated heterocycles. The van der Waals surface area contributed by atoms with Gasteiger partial charge in [-0.1, -0.05) is 54.6 Å². The summed E-state index contributed by atoms with van der Waals surface area (Å²) < 4.78 is 7.34. The second-order valence-electron chi connectivity index (χ2n) is 4.76. The van der Waals surface area contributed by atoms with Crippen molar-refractivity contribution in [1.29, 1.82) is 0 Å². The Kier molecular flexibility index (Phi) is 2.77. The van der Waals surface area contributed by atoms with E-state index in [2.05, 4.69) is 71.1 Å². The van der Waals surface area contributed by atoms with Crippen LogP contribution in [0.3, 0.4) is 0 Å².